The third-order valence-electron chi connectivity index (χ3n) is 8.63. The van der Waals surface area contributed by atoms with Gasteiger partial charge >= 0.3 is 0 Å². The molecule has 0 saturated carbocycles. The van der Waals surface area contributed by atoms with Gasteiger partial charge in [0.05, 0.1) is 0 Å². The van der Waals surface area contributed by atoms with Crippen LogP contribution in [0.1, 0.15) is 11.4 Å². The minimum absolute atomic E-state index is 0.395. The zero-order valence-corrected chi connectivity index (χ0v) is 24.6. The fourth-order valence-electron chi connectivity index (χ4n) is 6.61. The third-order valence-corrected chi connectivity index (χ3v) is 8.63. The van der Waals surface area contributed by atoms with Crippen molar-refractivity contribution in [2.45, 2.75) is 0 Å². The van der Waals surface area contributed by atoms with E-state index in [-0.39, 0.29) is 0 Å². The topological polar surface area (TPSA) is 73.4 Å². The van der Waals surface area contributed by atoms with Crippen LogP contribution in [0.15, 0.2) is 146 Å². The molecule has 0 radical (unpaired) electrons. The molecule has 8 aromatic rings. The first-order valence-corrected chi connectivity index (χ1v) is 15.0. The van der Waals surface area contributed by atoms with Crippen LogP contribution < -0.4 is 0 Å². The van der Waals surface area contributed by atoms with Gasteiger partial charge in [-0.15, -0.1) is 0 Å². The minimum atomic E-state index is 0.395. The van der Waals surface area contributed by atoms with Crippen molar-refractivity contribution in [3.05, 3.63) is 157 Å². The summed E-state index contributed by atoms with van der Waals surface area (Å²) in [4.78, 5) is 8.34. The van der Waals surface area contributed by atoms with E-state index in [4.69, 9.17) is 0 Å². The lowest BCUT2D eigenvalue weighted by Gasteiger charge is -2.20. The first-order valence-electron chi connectivity index (χ1n) is 15.0. The Morgan fingerprint density at radius 2 is 0.891 bits per heavy atom. The van der Waals surface area contributed by atoms with Gasteiger partial charge in [0.15, 0.2) is 0 Å². The predicted octanol–water partition coefficient (Wildman–Crippen LogP) is 10.3. The van der Waals surface area contributed by atoms with Gasteiger partial charge in [0.2, 0.25) is 0 Å². The smallest absolute Gasteiger partial charge is 0.141 e. The zero-order valence-electron chi connectivity index (χ0n) is 24.6. The standard InChI is InChI=1S/C42H24N4/c43-25-34-23-30(17-19-45-34)28-8-5-10-32(21-28)40-37-13-3-4-14-38(37)41(42-36-12-2-1-7-27(36)15-16-39(40)42)33-11-6-9-29(22-33)31-18-20-46-35(24-31)26-44/h1-24H. The molecule has 0 fully saturated rings. The zero-order chi connectivity index (χ0) is 31.0. The van der Waals surface area contributed by atoms with E-state index in [1.165, 1.54) is 27.3 Å². The second-order valence-electron chi connectivity index (χ2n) is 11.2. The first kappa shape index (κ1) is 27.0. The number of benzene rings is 6. The maximum atomic E-state index is 9.48. The van der Waals surface area contributed by atoms with Crippen molar-refractivity contribution >= 4 is 32.3 Å². The van der Waals surface area contributed by atoms with Crippen LogP contribution in [0.5, 0.6) is 0 Å². The molecule has 0 aliphatic heterocycles. The normalized spacial score (nSPS) is 11.0. The molecule has 0 aliphatic rings. The second kappa shape index (κ2) is 11.1. The summed E-state index contributed by atoms with van der Waals surface area (Å²) in [6.45, 7) is 0. The number of aromatic nitrogens is 2. The quantitative estimate of drug-likeness (QED) is 0.152. The van der Waals surface area contributed by atoms with E-state index in [1.54, 1.807) is 12.4 Å². The molecule has 0 aliphatic carbocycles. The lowest BCUT2D eigenvalue weighted by atomic mass is 9.83. The molecular formula is C42H24N4. The predicted molar refractivity (Wildman–Crippen MR) is 186 cm³/mol. The summed E-state index contributed by atoms with van der Waals surface area (Å²) in [5.74, 6) is 0. The summed E-state index contributed by atoms with van der Waals surface area (Å²) in [7, 11) is 0. The van der Waals surface area contributed by atoms with Crippen LogP contribution in [0.3, 0.4) is 0 Å². The SMILES string of the molecule is N#Cc1cc(-c2cccc(-c3c4ccccc4c(-c4cccc(-c5ccnc(C#N)c5)c4)c4c3ccc3ccccc34)c2)ccn1. The Kier molecular flexibility index (Phi) is 6.53. The Morgan fingerprint density at radius 3 is 1.50 bits per heavy atom. The van der Waals surface area contributed by atoms with Gasteiger partial charge in [0, 0.05) is 12.4 Å². The van der Waals surface area contributed by atoms with Crippen LogP contribution in [0.4, 0.5) is 0 Å². The van der Waals surface area contributed by atoms with Crippen molar-refractivity contribution in [1.29, 1.82) is 10.5 Å². The lowest BCUT2D eigenvalue weighted by molar-refractivity contribution is 1.26. The molecule has 2 heterocycles. The van der Waals surface area contributed by atoms with E-state index in [0.29, 0.717) is 11.4 Å². The molecule has 0 amide bonds. The Hall–Kier alpha value is -6.62. The molecule has 0 bridgehead atoms. The summed E-state index contributed by atoms with van der Waals surface area (Å²) in [6.07, 6.45) is 3.38. The summed E-state index contributed by atoms with van der Waals surface area (Å²) in [5.41, 5.74) is 9.30. The van der Waals surface area contributed by atoms with E-state index in [2.05, 4.69) is 131 Å². The van der Waals surface area contributed by atoms with Gasteiger partial charge in [-0.1, -0.05) is 97.1 Å². The van der Waals surface area contributed by atoms with Crippen molar-refractivity contribution in [3.63, 3.8) is 0 Å². The summed E-state index contributed by atoms with van der Waals surface area (Å²) < 4.78 is 0. The average Bonchev–Trinajstić information content (AvgIpc) is 3.13. The molecule has 8 rings (SSSR count). The van der Waals surface area contributed by atoms with Gasteiger partial charge in [0.25, 0.3) is 0 Å². The highest BCUT2D eigenvalue weighted by Crippen LogP contribution is 2.47. The Balaban J connectivity index is 1.45. The van der Waals surface area contributed by atoms with Crippen molar-refractivity contribution in [2.24, 2.45) is 0 Å². The van der Waals surface area contributed by atoms with Crippen LogP contribution in [-0.2, 0) is 0 Å². The fraction of sp³-hybridized carbons (Fsp3) is 0. The molecule has 0 saturated heterocycles. The number of hydrogen-bond donors (Lipinski definition) is 0. The molecular weight excluding hydrogens is 560 g/mol. The van der Waals surface area contributed by atoms with E-state index in [9.17, 15) is 10.5 Å². The van der Waals surface area contributed by atoms with Crippen LogP contribution in [-0.4, -0.2) is 9.97 Å². The van der Waals surface area contributed by atoms with E-state index < -0.39 is 0 Å². The van der Waals surface area contributed by atoms with E-state index in [1.807, 2.05) is 24.3 Å². The van der Waals surface area contributed by atoms with E-state index in [0.717, 1.165) is 49.5 Å². The van der Waals surface area contributed by atoms with Crippen molar-refractivity contribution < 1.29 is 0 Å². The average molecular weight is 585 g/mol. The molecule has 4 heteroatoms. The van der Waals surface area contributed by atoms with Gasteiger partial charge in [-0.05, 0) is 113 Å². The highest BCUT2D eigenvalue weighted by molar-refractivity contribution is 6.28. The Morgan fingerprint density at radius 1 is 0.391 bits per heavy atom. The Labute approximate surface area is 266 Å². The van der Waals surface area contributed by atoms with Crippen LogP contribution in [0, 0.1) is 22.7 Å². The molecule has 0 N–H and O–H groups in total. The molecule has 4 nitrogen and oxygen atoms in total. The maximum Gasteiger partial charge on any atom is 0.141 e. The number of fused-ring (bicyclic) bond motifs is 4. The van der Waals surface area contributed by atoms with Crippen LogP contribution in [0.25, 0.3) is 76.8 Å². The van der Waals surface area contributed by atoms with Crippen LogP contribution in [0.2, 0.25) is 0 Å². The monoisotopic (exact) mass is 584 g/mol. The van der Waals surface area contributed by atoms with Gasteiger partial charge in [-0.3, -0.25) is 0 Å². The highest BCUT2D eigenvalue weighted by atomic mass is 14.7. The molecule has 212 valence electrons. The van der Waals surface area contributed by atoms with Gasteiger partial charge < -0.3 is 0 Å². The lowest BCUT2D eigenvalue weighted by Crippen LogP contribution is -1.93. The van der Waals surface area contributed by atoms with Crippen molar-refractivity contribution in [1.82, 2.24) is 9.97 Å². The number of nitrogens with zero attached hydrogens (tertiary/aromatic N) is 4. The molecule has 0 atom stereocenters. The molecule has 0 unspecified atom stereocenters. The largest absolute Gasteiger partial charge is 0.246 e. The minimum Gasteiger partial charge on any atom is -0.246 e. The van der Waals surface area contributed by atoms with Crippen LogP contribution >= 0.6 is 0 Å². The number of hydrogen-bond acceptors (Lipinski definition) is 4. The summed E-state index contributed by atoms with van der Waals surface area (Å²) >= 11 is 0. The number of nitriles is 2. The summed E-state index contributed by atoms with van der Waals surface area (Å²) in [6, 6.07) is 50.7. The second-order valence-corrected chi connectivity index (χ2v) is 11.2. The summed E-state index contributed by atoms with van der Waals surface area (Å²) in [5, 5.41) is 26.0. The molecule has 6 aromatic carbocycles. The molecule has 46 heavy (non-hydrogen) atoms. The molecule has 0 spiro atoms. The first-order chi connectivity index (χ1) is 22.7. The molecule has 2 aromatic heterocycles. The van der Waals surface area contributed by atoms with E-state index >= 15 is 0 Å². The van der Waals surface area contributed by atoms with Gasteiger partial charge in [-0.25, -0.2) is 9.97 Å². The number of rotatable bonds is 4. The fourth-order valence-corrected chi connectivity index (χ4v) is 6.61. The Bertz CT molecular complexity index is 2570. The third kappa shape index (κ3) is 4.54. The maximum absolute atomic E-state index is 9.48. The highest BCUT2D eigenvalue weighted by Gasteiger charge is 2.19. The van der Waals surface area contributed by atoms with Gasteiger partial charge in [-0.2, -0.15) is 10.5 Å². The van der Waals surface area contributed by atoms with Gasteiger partial charge in [0.1, 0.15) is 23.5 Å². The van der Waals surface area contributed by atoms with Crippen molar-refractivity contribution in [2.75, 3.05) is 0 Å². The van der Waals surface area contributed by atoms with Crippen molar-refractivity contribution in [3.8, 4) is 56.6 Å². The number of pyridine rings is 2.